The lowest BCUT2D eigenvalue weighted by Gasteiger charge is -2.17. The van der Waals surface area contributed by atoms with Crippen LogP contribution < -0.4 is 10.6 Å². The molecule has 1 atom stereocenters. The predicted octanol–water partition coefficient (Wildman–Crippen LogP) is 3.18. The largest absolute Gasteiger partial charge is 0.370 e. The van der Waals surface area contributed by atoms with Crippen molar-refractivity contribution in [3.63, 3.8) is 0 Å². The van der Waals surface area contributed by atoms with Crippen molar-refractivity contribution in [3.05, 3.63) is 6.07 Å². The highest BCUT2D eigenvalue weighted by Crippen LogP contribution is 2.18. The van der Waals surface area contributed by atoms with Crippen LogP contribution in [-0.4, -0.2) is 40.8 Å². The Morgan fingerprint density at radius 1 is 1.22 bits per heavy atom. The first kappa shape index (κ1) is 15.4. The molecule has 2 N–H and O–H groups in total. The number of anilines is 2. The second kappa shape index (κ2) is 8.48. The highest BCUT2D eigenvalue weighted by Gasteiger charge is 2.08. The maximum absolute atomic E-state index is 4.50. The third kappa shape index (κ3) is 4.94. The number of thioether (sulfide) groups is 2. The normalized spacial score (nSPS) is 12.2. The van der Waals surface area contributed by atoms with Crippen molar-refractivity contribution in [1.29, 1.82) is 0 Å². The van der Waals surface area contributed by atoms with Crippen LogP contribution in [0.4, 0.5) is 11.6 Å². The Morgan fingerprint density at radius 3 is 2.50 bits per heavy atom. The maximum atomic E-state index is 4.50. The highest BCUT2D eigenvalue weighted by atomic mass is 32.2. The molecule has 0 saturated heterocycles. The number of hydrogen-bond donors (Lipinski definition) is 2. The van der Waals surface area contributed by atoms with Crippen molar-refractivity contribution in [2.45, 2.75) is 31.5 Å². The van der Waals surface area contributed by atoms with Gasteiger partial charge in [0.2, 0.25) is 0 Å². The summed E-state index contributed by atoms with van der Waals surface area (Å²) in [6.07, 6.45) is 5.21. The summed E-state index contributed by atoms with van der Waals surface area (Å²) in [6.45, 7) is 5.12. The Labute approximate surface area is 118 Å². The number of nitrogens with one attached hydrogen (secondary N) is 2. The van der Waals surface area contributed by atoms with E-state index in [9.17, 15) is 0 Å². The smallest absolute Gasteiger partial charge is 0.191 e. The van der Waals surface area contributed by atoms with Crippen LogP contribution in [0.1, 0.15) is 20.3 Å². The molecule has 0 amide bonds. The Kier molecular flexibility index (Phi) is 7.27. The van der Waals surface area contributed by atoms with Crippen molar-refractivity contribution < 1.29 is 0 Å². The van der Waals surface area contributed by atoms with Crippen LogP contribution in [0.5, 0.6) is 0 Å². The molecule has 0 fully saturated rings. The first-order valence-corrected chi connectivity index (χ1v) is 8.77. The van der Waals surface area contributed by atoms with Gasteiger partial charge in [-0.15, -0.1) is 0 Å². The third-order valence-electron chi connectivity index (χ3n) is 2.46. The average Bonchev–Trinajstić information content (AvgIpc) is 2.38. The Bertz CT molecular complexity index is 360. The van der Waals surface area contributed by atoms with Crippen LogP contribution in [0.3, 0.4) is 0 Å². The first-order valence-electron chi connectivity index (χ1n) is 6.15. The number of aromatic nitrogens is 2. The summed E-state index contributed by atoms with van der Waals surface area (Å²) < 4.78 is 0. The monoisotopic (exact) mass is 286 g/mol. The van der Waals surface area contributed by atoms with Gasteiger partial charge in [-0.05, 0) is 25.9 Å². The predicted molar refractivity (Wildman–Crippen MR) is 84.1 cm³/mol. The van der Waals surface area contributed by atoms with Crippen LogP contribution >= 0.6 is 23.5 Å². The Morgan fingerprint density at radius 2 is 1.94 bits per heavy atom. The van der Waals surface area contributed by atoms with E-state index in [1.165, 1.54) is 0 Å². The molecule has 1 aromatic heterocycles. The van der Waals surface area contributed by atoms with Crippen molar-refractivity contribution >= 4 is 35.2 Å². The van der Waals surface area contributed by atoms with E-state index < -0.39 is 0 Å². The van der Waals surface area contributed by atoms with Gasteiger partial charge in [-0.2, -0.15) is 11.8 Å². The molecule has 18 heavy (non-hydrogen) atoms. The zero-order chi connectivity index (χ0) is 13.4. The van der Waals surface area contributed by atoms with E-state index in [-0.39, 0.29) is 0 Å². The van der Waals surface area contributed by atoms with Gasteiger partial charge in [0.1, 0.15) is 11.6 Å². The van der Waals surface area contributed by atoms with Gasteiger partial charge in [-0.3, -0.25) is 0 Å². The van der Waals surface area contributed by atoms with Crippen molar-refractivity contribution in [1.82, 2.24) is 9.97 Å². The fourth-order valence-corrected chi connectivity index (χ4v) is 2.63. The molecule has 0 saturated carbocycles. The Hall–Kier alpha value is -0.620. The van der Waals surface area contributed by atoms with E-state index in [0.29, 0.717) is 6.04 Å². The molecule has 1 heterocycles. The maximum Gasteiger partial charge on any atom is 0.191 e. The molecule has 0 aliphatic carbocycles. The molecule has 0 aliphatic rings. The molecular weight excluding hydrogens is 264 g/mol. The fourth-order valence-electron chi connectivity index (χ4n) is 1.53. The summed E-state index contributed by atoms with van der Waals surface area (Å²) in [6, 6.07) is 2.44. The minimum atomic E-state index is 0.457. The summed E-state index contributed by atoms with van der Waals surface area (Å²) in [5.74, 6) is 2.88. The van der Waals surface area contributed by atoms with E-state index in [0.717, 1.165) is 35.5 Å². The number of nitrogens with zero attached hydrogens (tertiary/aromatic N) is 2. The van der Waals surface area contributed by atoms with Gasteiger partial charge in [0.05, 0.1) is 0 Å². The SMILES string of the molecule is CCNc1cc(NC(CC)CSC)nc(SC)n1. The molecule has 0 spiro atoms. The van der Waals surface area contributed by atoms with Gasteiger partial charge in [0.15, 0.2) is 5.16 Å². The van der Waals surface area contributed by atoms with Gasteiger partial charge >= 0.3 is 0 Å². The van der Waals surface area contributed by atoms with Crippen LogP contribution in [0.15, 0.2) is 11.2 Å². The van der Waals surface area contributed by atoms with Crippen LogP contribution in [0, 0.1) is 0 Å². The first-order chi connectivity index (χ1) is 8.73. The molecule has 0 bridgehead atoms. The summed E-state index contributed by atoms with van der Waals surface area (Å²) in [5.41, 5.74) is 0. The van der Waals surface area contributed by atoms with Gasteiger partial charge in [0, 0.05) is 24.4 Å². The minimum absolute atomic E-state index is 0.457. The molecule has 1 rings (SSSR count). The molecule has 6 heteroatoms. The fraction of sp³-hybridized carbons (Fsp3) is 0.667. The van der Waals surface area contributed by atoms with E-state index in [1.807, 2.05) is 24.1 Å². The third-order valence-corrected chi connectivity index (χ3v) is 3.74. The second-order valence-electron chi connectivity index (χ2n) is 3.86. The van der Waals surface area contributed by atoms with E-state index in [1.54, 1.807) is 11.8 Å². The topological polar surface area (TPSA) is 49.8 Å². The van der Waals surface area contributed by atoms with Crippen molar-refractivity contribution in [3.8, 4) is 0 Å². The minimum Gasteiger partial charge on any atom is -0.370 e. The quantitative estimate of drug-likeness (QED) is 0.565. The molecule has 102 valence electrons. The summed E-state index contributed by atoms with van der Waals surface area (Å²) >= 11 is 3.41. The molecule has 1 aromatic rings. The van der Waals surface area contributed by atoms with Gasteiger partial charge in [-0.25, -0.2) is 9.97 Å². The van der Waals surface area contributed by atoms with Gasteiger partial charge < -0.3 is 10.6 Å². The second-order valence-corrected chi connectivity index (χ2v) is 5.54. The summed E-state index contributed by atoms with van der Waals surface area (Å²) in [5, 5.41) is 7.51. The molecule has 1 unspecified atom stereocenters. The van der Waals surface area contributed by atoms with Crippen LogP contribution in [0.2, 0.25) is 0 Å². The standard InChI is InChI=1S/C12H22N4S2/c1-5-9(8-17-3)14-11-7-10(13-6-2)15-12(16-11)18-4/h7,9H,5-6,8H2,1-4H3,(H2,13,14,15,16). The number of hydrogen-bond acceptors (Lipinski definition) is 6. The highest BCUT2D eigenvalue weighted by molar-refractivity contribution is 7.98. The molecule has 0 aromatic carbocycles. The lowest BCUT2D eigenvalue weighted by molar-refractivity contribution is 0.764. The van der Waals surface area contributed by atoms with E-state index >= 15 is 0 Å². The zero-order valence-corrected chi connectivity index (χ0v) is 13.1. The van der Waals surface area contributed by atoms with Crippen molar-refractivity contribution in [2.24, 2.45) is 0 Å². The van der Waals surface area contributed by atoms with Crippen molar-refractivity contribution in [2.75, 3.05) is 35.4 Å². The lowest BCUT2D eigenvalue weighted by atomic mass is 10.2. The molecule has 4 nitrogen and oxygen atoms in total. The van der Waals surface area contributed by atoms with E-state index in [4.69, 9.17) is 0 Å². The van der Waals surface area contributed by atoms with Gasteiger partial charge in [0.25, 0.3) is 0 Å². The average molecular weight is 286 g/mol. The van der Waals surface area contributed by atoms with Gasteiger partial charge in [-0.1, -0.05) is 18.7 Å². The molecule has 0 radical (unpaired) electrons. The number of rotatable bonds is 8. The van der Waals surface area contributed by atoms with E-state index in [2.05, 4.69) is 40.7 Å². The Balaban J connectivity index is 2.82. The summed E-state index contributed by atoms with van der Waals surface area (Å²) in [7, 11) is 0. The molecular formula is C12H22N4S2. The zero-order valence-electron chi connectivity index (χ0n) is 11.5. The lowest BCUT2D eigenvalue weighted by Crippen LogP contribution is -2.22. The van der Waals surface area contributed by atoms with Crippen LogP contribution in [0.25, 0.3) is 0 Å². The summed E-state index contributed by atoms with van der Waals surface area (Å²) in [4.78, 5) is 8.91. The molecule has 0 aliphatic heterocycles. The van der Waals surface area contributed by atoms with Crippen LogP contribution in [-0.2, 0) is 0 Å².